The first kappa shape index (κ1) is 15.2. The summed E-state index contributed by atoms with van der Waals surface area (Å²) >= 11 is 4.26. The van der Waals surface area contributed by atoms with Crippen LogP contribution in [0.1, 0.15) is 15.2 Å². The summed E-state index contributed by atoms with van der Waals surface area (Å²) in [6.45, 7) is 1.72. The van der Waals surface area contributed by atoms with Crippen molar-refractivity contribution in [3.05, 3.63) is 45.2 Å². The highest BCUT2D eigenvalue weighted by atomic mass is 79.9. The Morgan fingerprint density at radius 2 is 1.85 bits per heavy atom. The van der Waals surface area contributed by atoms with Crippen LogP contribution in [0.5, 0.6) is 0 Å². The summed E-state index contributed by atoms with van der Waals surface area (Å²) in [6.07, 6.45) is 0. The first-order valence-electron chi connectivity index (χ1n) is 5.70. The number of rotatable bonds is 3. The maximum Gasteiger partial charge on any atom is 0.261 e. The van der Waals surface area contributed by atoms with Crippen molar-refractivity contribution in [2.45, 2.75) is 16.0 Å². The maximum absolute atomic E-state index is 12.6. The van der Waals surface area contributed by atoms with Gasteiger partial charge in [0.05, 0.1) is 14.2 Å². The minimum absolute atomic E-state index is 0.153. The van der Waals surface area contributed by atoms with E-state index in [9.17, 15) is 13.2 Å². The van der Waals surface area contributed by atoms with Crippen LogP contribution in [0.25, 0.3) is 0 Å². The number of carbonyl (C=O) groups is 1. The van der Waals surface area contributed by atoms with Crippen LogP contribution in [0.4, 0.5) is 0 Å². The molecule has 0 atom stereocenters. The van der Waals surface area contributed by atoms with Crippen molar-refractivity contribution in [3.8, 4) is 0 Å². The van der Waals surface area contributed by atoms with Crippen LogP contribution in [0.3, 0.4) is 0 Å². The number of benzene rings is 1. The van der Waals surface area contributed by atoms with Crippen LogP contribution in [-0.2, 0) is 9.84 Å². The fourth-order valence-electron chi connectivity index (χ4n) is 1.68. The van der Waals surface area contributed by atoms with E-state index < -0.39 is 9.84 Å². The Labute approximate surface area is 129 Å². The lowest BCUT2D eigenvalue weighted by Crippen LogP contribution is -2.17. The largest absolute Gasteiger partial charge is 0.354 e. The molecule has 7 heteroatoms. The summed E-state index contributed by atoms with van der Waals surface area (Å²) in [5, 5.41) is 2.51. The molecule has 2 rings (SSSR count). The molecule has 0 saturated heterocycles. The standard InChI is InChI=1S/C13H12BrNO3S2/c1-8-10(14)13(19-11(8)12(16)15-2)20(17,18)9-6-4-3-5-7-9/h3-7H,1-2H3,(H,15,16). The number of sulfone groups is 1. The van der Waals surface area contributed by atoms with Crippen molar-refractivity contribution in [1.82, 2.24) is 5.32 Å². The van der Waals surface area contributed by atoms with Gasteiger partial charge in [-0.3, -0.25) is 4.79 Å². The van der Waals surface area contributed by atoms with Gasteiger partial charge < -0.3 is 5.32 Å². The molecule has 20 heavy (non-hydrogen) atoms. The van der Waals surface area contributed by atoms with Gasteiger partial charge in [0.15, 0.2) is 0 Å². The van der Waals surface area contributed by atoms with Crippen LogP contribution in [-0.4, -0.2) is 21.4 Å². The number of hydrogen-bond acceptors (Lipinski definition) is 4. The van der Waals surface area contributed by atoms with E-state index in [1.807, 2.05) is 0 Å². The van der Waals surface area contributed by atoms with E-state index >= 15 is 0 Å². The van der Waals surface area contributed by atoms with E-state index in [1.165, 1.54) is 19.2 Å². The predicted octanol–water partition coefficient (Wildman–Crippen LogP) is 3.01. The van der Waals surface area contributed by atoms with Crippen LogP contribution in [0.15, 0.2) is 43.9 Å². The van der Waals surface area contributed by atoms with Crippen LogP contribution >= 0.6 is 27.3 Å². The molecule has 1 heterocycles. The van der Waals surface area contributed by atoms with E-state index in [-0.39, 0.29) is 15.0 Å². The topological polar surface area (TPSA) is 63.2 Å². The fourth-order valence-corrected chi connectivity index (χ4v) is 5.86. The molecule has 0 aliphatic rings. The lowest BCUT2D eigenvalue weighted by molar-refractivity contribution is 0.0966. The van der Waals surface area contributed by atoms with Crippen molar-refractivity contribution in [2.24, 2.45) is 0 Å². The third-order valence-corrected chi connectivity index (χ3v) is 7.87. The van der Waals surface area contributed by atoms with Gasteiger partial charge in [-0.15, -0.1) is 11.3 Å². The number of thiophene rings is 1. The number of carbonyl (C=O) groups excluding carboxylic acids is 1. The lowest BCUT2D eigenvalue weighted by Gasteiger charge is -2.02. The van der Waals surface area contributed by atoms with E-state index in [0.29, 0.717) is 14.9 Å². The van der Waals surface area contributed by atoms with Gasteiger partial charge in [0.1, 0.15) is 4.21 Å². The first-order valence-corrected chi connectivity index (χ1v) is 8.80. The second-order valence-corrected chi connectivity index (χ2v) is 8.01. The molecule has 0 radical (unpaired) electrons. The summed E-state index contributed by atoms with van der Waals surface area (Å²) in [5.74, 6) is -0.289. The minimum Gasteiger partial charge on any atom is -0.354 e. The number of hydrogen-bond donors (Lipinski definition) is 1. The zero-order valence-corrected chi connectivity index (χ0v) is 14.0. The van der Waals surface area contributed by atoms with Crippen LogP contribution < -0.4 is 5.32 Å². The van der Waals surface area contributed by atoms with Crippen molar-refractivity contribution in [1.29, 1.82) is 0 Å². The fraction of sp³-hybridized carbons (Fsp3) is 0.154. The number of nitrogens with one attached hydrogen (secondary N) is 1. The van der Waals surface area contributed by atoms with Crippen molar-refractivity contribution < 1.29 is 13.2 Å². The molecule has 0 saturated carbocycles. The Bertz CT molecular complexity index is 751. The highest BCUT2D eigenvalue weighted by Gasteiger charge is 2.27. The first-order chi connectivity index (χ1) is 9.39. The molecular formula is C13H12BrNO3S2. The molecule has 0 fully saturated rings. The summed E-state index contributed by atoms with van der Waals surface area (Å²) in [5.41, 5.74) is 0.629. The summed E-state index contributed by atoms with van der Waals surface area (Å²) in [6, 6.07) is 8.16. The van der Waals surface area contributed by atoms with Gasteiger partial charge in [0.25, 0.3) is 5.91 Å². The summed E-state index contributed by atoms with van der Waals surface area (Å²) < 4.78 is 25.8. The van der Waals surface area contributed by atoms with E-state index in [0.717, 1.165) is 11.3 Å². The smallest absolute Gasteiger partial charge is 0.261 e. The van der Waals surface area contributed by atoms with Gasteiger partial charge >= 0.3 is 0 Å². The predicted molar refractivity (Wildman–Crippen MR) is 82.0 cm³/mol. The zero-order valence-electron chi connectivity index (χ0n) is 10.8. The molecule has 0 aliphatic heterocycles. The molecule has 2 aromatic rings. The average Bonchev–Trinajstić information content (AvgIpc) is 2.76. The minimum atomic E-state index is -3.62. The third-order valence-electron chi connectivity index (χ3n) is 2.77. The lowest BCUT2D eigenvalue weighted by atomic mass is 10.3. The van der Waals surface area contributed by atoms with Crippen molar-refractivity contribution >= 4 is 43.0 Å². The second-order valence-electron chi connectivity index (χ2n) is 4.05. The van der Waals surface area contributed by atoms with Gasteiger partial charge in [0, 0.05) is 7.05 Å². The molecule has 1 N–H and O–H groups in total. The van der Waals surface area contributed by atoms with Crippen molar-refractivity contribution in [2.75, 3.05) is 7.05 Å². The molecule has 4 nitrogen and oxygen atoms in total. The molecule has 106 valence electrons. The van der Waals surface area contributed by atoms with Gasteiger partial charge in [-0.1, -0.05) is 18.2 Å². The molecule has 0 unspecified atom stereocenters. The molecule has 1 aromatic carbocycles. The third kappa shape index (κ3) is 2.53. The monoisotopic (exact) mass is 373 g/mol. The van der Waals surface area contributed by atoms with Gasteiger partial charge in [-0.25, -0.2) is 8.42 Å². The quantitative estimate of drug-likeness (QED) is 0.899. The normalized spacial score (nSPS) is 11.3. The molecular weight excluding hydrogens is 362 g/mol. The van der Waals surface area contributed by atoms with Crippen LogP contribution in [0.2, 0.25) is 0 Å². The Morgan fingerprint density at radius 1 is 1.25 bits per heavy atom. The Balaban J connectivity index is 2.63. The van der Waals surface area contributed by atoms with Gasteiger partial charge in [-0.05, 0) is 40.5 Å². The Kier molecular flexibility index (Phi) is 4.31. The molecule has 0 bridgehead atoms. The maximum atomic E-state index is 12.6. The number of halogens is 1. The highest BCUT2D eigenvalue weighted by molar-refractivity contribution is 9.10. The van der Waals surface area contributed by atoms with Gasteiger partial charge in [-0.2, -0.15) is 0 Å². The number of amides is 1. The molecule has 1 amide bonds. The average molecular weight is 374 g/mol. The van der Waals surface area contributed by atoms with Gasteiger partial charge in [0.2, 0.25) is 9.84 Å². The molecule has 1 aromatic heterocycles. The van der Waals surface area contributed by atoms with Crippen molar-refractivity contribution in [3.63, 3.8) is 0 Å². The molecule has 0 spiro atoms. The summed E-state index contributed by atoms with van der Waals surface area (Å²) in [4.78, 5) is 12.4. The van der Waals surface area contributed by atoms with E-state index in [4.69, 9.17) is 0 Å². The second kappa shape index (κ2) is 5.67. The Morgan fingerprint density at radius 3 is 2.40 bits per heavy atom. The molecule has 0 aliphatic carbocycles. The highest BCUT2D eigenvalue weighted by Crippen LogP contribution is 2.38. The summed E-state index contributed by atoms with van der Waals surface area (Å²) in [7, 11) is -2.11. The SMILES string of the molecule is CNC(=O)c1sc(S(=O)(=O)c2ccccc2)c(Br)c1C. The van der Waals surface area contributed by atoms with E-state index in [2.05, 4.69) is 21.2 Å². The Hall–Kier alpha value is -1.18. The van der Waals surface area contributed by atoms with Crippen LogP contribution in [0, 0.1) is 6.92 Å². The van der Waals surface area contributed by atoms with E-state index in [1.54, 1.807) is 25.1 Å². The zero-order chi connectivity index (χ0) is 14.9.